The fourth-order valence-electron chi connectivity index (χ4n) is 4.07. The first-order valence-corrected chi connectivity index (χ1v) is 8.77. The van der Waals surface area contributed by atoms with Crippen LogP contribution in [-0.2, 0) is 11.3 Å². The third-order valence-electron chi connectivity index (χ3n) is 5.68. The molecule has 1 aromatic rings. The molecular formula is C18H24N4O2. The van der Waals surface area contributed by atoms with E-state index in [2.05, 4.69) is 5.10 Å². The summed E-state index contributed by atoms with van der Waals surface area (Å²) in [6, 6.07) is 1.94. The van der Waals surface area contributed by atoms with Crippen molar-refractivity contribution < 1.29 is 4.79 Å². The molecule has 0 unspecified atom stereocenters. The molecule has 1 aliphatic carbocycles. The molecule has 0 spiro atoms. The van der Waals surface area contributed by atoms with Crippen LogP contribution in [0.2, 0.25) is 0 Å². The van der Waals surface area contributed by atoms with Gasteiger partial charge in [-0.15, -0.1) is 0 Å². The SMILES string of the molecule is Cc1nn(CC(=O)N2CC[C@H]3CCCC[C@H]3C2)c(=O)c(C#N)c1C. The van der Waals surface area contributed by atoms with E-state index < -0.39 is 5.56 Å². The highest BCUT2D eigenvalue weighted by atomic mass is 16.2. The molecule has 1 saturated carbocycles. The third kappa shape index (κ3) is 3.08. The fourth-order valence-corrected chi connectivity index (χ4v) is 4.07. The lowest BCUT2D eigenvalue weighted by molar-refractivity contribution is -0.135. The quantitative estimate of drug-likeness (QED) is 0.829. The maximum absolute atomic E-state index is 12.6. The molecule has 0 aromatic carbocycles. The fraction of sp³-hybridized carbons (Fsp3) is 0.667. The molecule has 0 bridgehead atoms. The van der Waals surface area contributed by atoms with Gasteiger partial charge < -0.3 is 4.90 Å². The van der Waals surface area contributed by atoms with Gasteiger partial charge in [-0.05, 0) is 44.1 Å². The van der Waals surface area contributed by atoms with Crippen molar-refractivity contribution in [3.63, 3.8) is 0 Å². The van der Waals surface area contributed by atoms with Gasteiger partial charge in [-0.3, -0.25) is 9.59 Å². The number of hydrogen-bond donors (Lipinski definition) is 0. The van der Waals surface area contributed by atoms with Crippen molar-refractivity contribution in [2.75, 3.05) is 13.1 Å². The molecule has 24 heavy (non-hydrogen) atoms. The molecule has 6 heteroatoms. The number of rotatable bonds is 2. The summed E-state index contributed by atoms with van der Waals surface area (Å²) >= 11 is 0. The third-order valence-corrected chi connectivity index (χ3v) is 5.68. The Morgan fingerprint density at radius 1 is 1.25 bits per heavy atom. The smallest absolute Gasteiger partial charge is 0.285 e. The van der Waals surface area contributed by atoms with Crippen LogP contribution in [0.5, 0.6) is 0 Å². The predicted molar refractivity (Wildman–Crippen MR) is 89.3 cm³/mol. The normalized spacial score (nSPS) is 23.5. The molecule has 0 radical (unpaired) electrons. The molecule has 2 fully saturated rings. The summed E-state index contributed by atoms with van der Waals surface area (Å²) in [5.74, 6) is 1.30. The van der Waals surface area contributed by atoms with Crippen molar-refractivity contribution in [3.05, 3.63) is 27.2 Å². The minimum Gasteiger partial charge on any atom is -0.341 e. The van der Waals surface area contributed by atoms with Gasteiger partial charge in [0.1, 0.15) is 18.2 Å². The molecule has 2 atom stereocenters. The van der Waals surface area contributed by atoms with E-state index in [1.54, 1.807) is 13.8 Å². The van der Waals surface area contributed by atoms with Crippen molar-refractivity contribution in [1.82, 2.24) is 14.7 Å². The Hall–Kier alpha value is -2.16. The molecule has 3 rings (SSSR count). The molecule has 1 amide bonds. The number of aromatic nitrogens is 2. The predicted octanol–water partition coefficient (Wildman–Crippen LogP) is 1.77. The molecule has 2 heterocycles. The Balaban J connectivity index is 1.75. The monoisotopic (exact) mass is 328 g/mol. The van der Waals surface area contributed by atoms with Crippen molar-refractivity contribution in [2.45, 2.75) is 52.5 Å². The average molecular weight is 328 g/mol. The number of piperidine rings is 1. The number of carbonyl (C=O) groups excluding carboxylic acids is 1. The van der Waals surface area contributed by atoms with Crippen LogP contribution in [0.1, 0.15) is 48.9 Å². The summed E-state index contributed by atoms with van der Waals surface area (Å²) < 4.78 is 1.15. The zero-order valence-electron chi connectivity index (χ0n) is 14.4. The number of hydrogen-bond acceptors (Lipinski definition) is 4. The summed E-state index contributed by atoms with van der Waals surface area (Å²) in [7, 11) is 0. The van der Waals surface area contributed by atoms with E-state index in [9.17, 15) is 14.9 Å². The standard InChI is InChI=1S/C18H24N4O2/c1-12-13(2)20-22(18(24)16(12)9-19)11-17(23)21-8-7-14-5-3-4-6-15(14)10-21/h14-15H,3-8,10-11H2,1-2H3/t14-,15+/m1/s1. The van der Waals surface area contributed by atoms with Crippen molar-refractivity contribution in [2.24, 2.45) is 11.8 Å². The van der Waals surface area contributed by atoms with Gasteiger partial charge in [-0.2, -0.15) is 10.4 Å². The molecule has 2 aliphatic rings. The number of fused-ring (bicyclic) bond motifs is 1. The number of aryl methyl sites for hydroxylation is 1. The van der Waals surface area contributed by atoms with E-state index in [4.69, 9.17) is 0 Å². The van der Waals surface area contributed by atoms with Crippen LogP contribution in [0.15, 0.2) is 4.79 Å². The van der Waals surface area contributed by atoms with Gasteiger partial charge in [0.25, 0.3) is 5.56 Å². The lowest BCUT2D eigenvalue weighted by Gasteiger charge is -2.41. The van der Waals surface area contributed by atoms with E-state index in [0.717, 1.165) is 30.1 Å². The van der Waals surface area contributed by atoms with Crippen molar-refractivity contribution in [1.29, 1.82) is 5.26 Å². The number of nitrogens with zero attached hydrogens (tertiary/aromatic N) is 4. The van der Waals surface area contributed by atoms with Crippen LogP contribution in [0, 0.1) is 37.0 Å². The van der Waals surface area contributed by atoms with Crippen molar-refractivity contribution >= 4 is 5.91 Å². The van der Waals surface area contributed by atoms with Crippen LogP contribution in [0.4, 0.5) is 0 Å². The highest BCUT2D eigenvalue weighted by molar-refractivity contribution is 5.76. The second kappa shape index (κ2) is 6.76. The van der Waals surface area contributed by atoms with Gasteiger partial charge in [-0.25, -0.2) is 4.68 Å². The van der Waals surface area contributed by atoms with Gasteiger partial charge >= 0.3 is 0 Å². The largest absolute Gasteiger partial charge is 0.341 e. The molecule has 1 aliphatic heterocycles. The lowest BCUT2D eigenvalue weighted by atomic mass is 9.75. The lowest BCUT2D eigenvalue weighted by Crippen LogP contribution is -2.47. The van der Waals surface area contributed by atoms with Crippen LogP contribution in [-0.4, -0.2) is 33.7 Å². The minimum absolute atomic E-state index is 0.0687. The Morgan fingerprint density at radius 2 is 1.96 bits per heavy atom. The molecule has 128 valence electrons. The zero-order valence-corrected chi connectivity index (χ0v) is 14.4. The Labute approximate surface area is 142 Å². The Bertz CT molecular complexity index is 747. The van der Waals surface area contributed by atoms with E-state index in [1.165, 1.54) is 25.7 Å². The molecule has 6 nitrogen and oxygen atoms in total. The number of likely N-dealkylation sites (tertiary alicyclic amines) is 1. The summed E-state index contributed by atoms with van der Waals surface area (Å²) in [5.41, 5.74) is 0.821. The minimum atomic E-state index is -0.471. The zero-order chi connectivity index (χ0) is 17.3. The van der Waals surface area contributed by atoms with E-state index in [0.29, 0.717) is 17.2 Å². The van der Waals surface area contributed by atoms with E-state index in [-0.39, 0.29) is 18.0 Å². The van der Waals surface area contributed by atoms with Crippen molar-refractivity contribution in [3.8, 4) is 6.07 Å². The first kappa shape index (κ1) is 16.7. The summed E-state index contributed by atoms with van der Waals surface area (Å²) in [6.07, 6.45) is 6.13. The summed E-state index contributed by atoms with van der Waals surface area (Å²) in [4.78, 5) is 26.8. The Kier molecular flexibility index (Phi) is 4.70. The van der Waals surface area contributed by atoms with Crippen LogP contribution in [0.3, 0.4) is 0 Å². The topological polar surface area (TPSA) is 79.0 Å². The van der Waals surface area contributed by atoms with Crippen LogP contribution < -0.4 is 5.56 Å². The van der Waals surface area contributed by atoms with Gasteiger partial charge in [0.15, 0.2) is 0 Å². The average Bonchev–Trinajstić information content (AvgIpc) is 2.59. The van der Waals surface area contributed by atoms with Gasteiger partial charge in [-0.1, -0.05) is 19.3 Å². The highest BCUT2D eigenvalue weighted by Crippen LogP contribution is 2.36. The number of nitriles is 1. The van der Waals surface area contributed by atoms with E-state index >= 15 is 0 Å². The summed E-state index contributed by atoms with van der Waals surface area (Å²) in [5, 5.41) is 13.4. The molecule has 1 aromatic heterocycles. The highest BCUT2D eigenvalue weighted by Gasteiger charge is 2.33. The second-order valence-corrected chi connectivity index (χ2v) is 7.09. The van der Waals surface area contributed by atoms with Crippen LogP contribution in [0.25, 0.3) is 0 Å². The first-order chi connectivity index (χ1) is 11.5. The Morgan fingerprint density at radius 3 is 2.67 bits per heavy atom. The maximum atomic E-state index is 12.6. The van der Waals surface area contributed by atoms with Crippen LogP contribution >= 0.6 is 0 Å². The van der Waals surface area contributed by atoms with Gasteiger partial charge in [0.2, 0.25) is 5.91 Å². The number of amides is 1. The second-order valence-electron chi connectivity index (χ2n) is 7.09. The van der Waals surface area contributed by atoms with Gasteiger partial charge in [0.05, 0.1) is 5.69 Å². The van der Waals surface area contributed by atoms with Gasteiger partial charge in [0, 0.05) is 13.1 Å². The summed E-state index contributed by atoms with van der Waals surface area (Å²) in [6.45, 7) is 4.96. The molecule has 1 saturated heterocycles. The molecule has 0 N–H and O–H groups in total. The number of carbonyl (C=O) groups is 1. The van der Waals surface area contributed by atoms with E-state index in [1.807, 2.05) is 11.0 Å². The first-order valence-electron chi connectivity index (χ1n) is 8.77. The molecular weight excluding hydrogens is 304 g/mol. The maximum Gasteiger partial charge on any atom is 0.285 e.